The summed E-state index contributed by atoms with van der Waals surface area (Å²) in [5, 5.41) is 3.46. The van der Waals surface area contributed by atoms with Crippen LogP contribution in [-0.2, 0) is 0 Å². The maximum atomic E-state index is 3.46. The molecule has 0 aliphatic heterocycles. The van der Waals surface area contributed by atoms with Gasteiger partial charge in [0.05, 0.1) is 0 Å². The van der Waals surface area contributed by atoms with Crippen molar-refractivity contribution in [1.82, 2.24) is 5.32 Å². The zero-order valence-electron chi connectivity index (χ0n) is 12.2. The maximum absolute atomic E-state index is 3.46. The molecule has 0 fully saturated rings. The maximum Gasteiger partial charge on any atom is 0.0369 e. The molecule has 1 unspecified atom stereocenters. The molecule has 0 radical (unpaired) electrons. The Morgan fingerprint density at radius 2 is 1.53 bits per heavy atom. The topological polar surface area (TPSA) is 12.0 Å². The van der Waals surface area contributed by atoms with Crippen molar-refractivity contribution in [2.45, 2.75) is 53.0 Å². The van der Waals surface area contributed by atoms with Gasteiger partial charge in [-0.2, -0.15) is 0 Å². The first-order chi connectivity index (χ1) is 7.92. The summed E-state index contributed by atoms with van der Waals surface area (Å²) in [6, 6.07) is 9.49. The van der Waals surface area contributed by atoms with Crippen LogP contribution in [0.5, 0.6) is 0 Å². The lowest BCUT2D eigenvalue weighted by Crippen LogP contribution is -2.31. The third kappa shape index (κ3) is 3.32. The van der Waals surface area contributed by atoms with Crippen LogP contribution < -0.4 is 5.32 Å². The van der Waals surface area contributed by atoms with E-state index >= 15 is 0 Å². The second-order valence-corrected chi connectivity index (χ2v) is 5.89. The Kier molecular flexibility index (Phi) is 4.76. The molecule has 96 valence electrons. The van der Waals surface area contributed by atoms with Crippen molar-refractivity contribution in [2.75, 3.05) is 7.05 Å². The van der Waals surface area contributed by atoms with Gasteiger partial charge in [-0.15, -0.1) is 0 Å². The van der Waals surface area contributed by atoms with Crippen LogP contribution in [-0.4, -0.2) is 7.05 Å². The highest BCUT2D eigenvalue weighted by molar-refractivity contribution is 5.27. The smallest absolute Gasteiger partial charge is 0.0369 e. The number of nitrogens with one attached hydrogen (secondary N) is 1. The molecular weight excluding hydrogens is 206 g/mol. The van der Waals surface area contributed by atoms with E-state index in [2.05, 4.69) is 71.2 Å². The molecule has 1 aromatic rings. The molecule has 0 aromatic heterocycles. The number of benzene rings is 1. The average molecular weight is 233 g/mol. The van der Waals surface area contributed by atoms with Crippen molar-refractivity contribution in [3.05, 3.63) is 35.4 Å². The standard InChI is InChI=1S/C16H27N/c1-7-16(4,5)15(17-6)14-10-8-13(9-11-14)12(2)3/h8-12,15,17H,7H2,1-6H3. The van der Waals surface area contributed by atoms with Crippen molar-refractivity contribution in [1.29, 1.82) is 0 Å². The minimum absolute atomic E-state index is 0.286. The Labute approximate surface area is 107 Å². The summed E-state index contributed by atoms with van der Waals surface area (Å²) < 4.78 is 0. The average Bonchev–Trinajstić information content (AvgIpc) is 2.30. The van der Waals surface area contributed by atoms with Crippen LogP contribution in [0, 0.1) is 5.41 Å². The van der Waals surface area contributed by atoms with E-state index in [1.807, 2.05) is 0 Å². The van der Waals surface area contributed by atoms with Crippen molar-refractivity contribution < 1.29 is 0 Å². The van der Waals surface area contributed by atoms with Crippen LogP contribution in [0.25, 0.3) is 0 Å². The molecule has 0 heterocycles. The van der Waals surface area contributed by atoms with E-state index in [1.165, 1.54) is 17.5 Å². The van der Waals surface area contributed by atoms with Crippen LogP contribution in [0.1, 0.15) is 64.1 Å². The van der Waals surface area contributed by atoms with Gasteiger partial charge in [0.15, 0.2) is 0 Å². The lowest BCUT2D eigenvalue weighted by molar-refractivity contribution is 0.245. The zero-order chi connectivity index (χ0) is 13.1. The van der Waals surface area contributed by atoms with Crippen molar-refractivity contribution in [2.24, 2.45) is 5.41 Å². The fourth-order valence-electron chi connectivity index (χ4n) is 2.29. The second-order valence-electron chi connectivity index (χ2n) is 5.89. The van der Waals surface area contributed by atoms with Crippen molar-refractivity contribution in [3.8, 4) is 0 Å². The van der Waals surface area contributed by atoms with Crippen LogP contribution in [0.4, 0.5) is 0 Å². The van der Waals surface area contributed by atoms with Crippen LogP contribution in [0.15, 0.2) is 24.3 Å². The lowest BCUT2D eigenvalue weighted by Gasteiger charge is -2.34. The molecule has 0 aliphatic carbocycles. The van der Waals surface area contributed by atoms with Gasteiger partial charge in [-0.1, -0.05) is 58.9 Å². The van der Waals surface area contributed by atoms with E-state index in [0.29, 0.717) is 12.0 Å². The van der Waals surface area contributed by atoms with Gasteiger partial charge in [0, 0.05) is 6.04 Å². The summed E-state index contributed by atoms with van der Waals surface area (Å²) in [4.78, 5) is 0. The molecule has 0 spiro atoms. The minimum Gasteiger partial charge on any atom is -0.313 e. The van der Waals surface area contributed by atoms with Crippen LogP contribution >= 0.6 is 0 Å². The van der Waals surface area contributed by atoms with Gasteiger partial charge < -0.3 is 5.32 Å². The quantitative estimate of drug-likeness (QED) is 0.789. The number of hydrogen-bond donors (Lipinski definition) is 1. The summed E-state index contributed by atoms with van der Waals surface area (Å²) in [5.74, 6) is 0.608. The van der Waals surface area contributed by atoms with E-state index in [9.17, 15) is 0 Å². The Morgan fingerprint density at radius 1 is 1.06 bits per heavy atom. The highest BCUT2D eigenvalue weighted by Gasteiger charge is 2.27. The van der Waals surface area contributed by atoms with Gasteiger partial charge in [0.1, 0.15) is 0 Å². The summed E-state index contributed by atoms with van der Waals surface area (Å²) >= 11 is 0. The summed E-state index contributed by atoms with van der Waals surface area (Å²) in [6.07, 6.45) is 1.17. The molecule has 0 amide bonds. The normalized spacial score (nSPS) is 14.1. The van der Waals surface area contributed by atoms with Crippen LogP contribution in [0.2, 0.25) is 0 Å². The molecule has 0 saturated heterocycles. The largest absolute Gasteiger partial charge is 0.313 e. The van der Waals surface area contributed by atoms with Gasteiger partial charge >= 0.3 is 0 Å². The molecular formula is C16H27N. The Balaban J connectivity index is 2.98. The molecule has 1 rings (SSSR count). The van der Waals surface area contributed by atoms with Gasteiger partial charge in [-0.25, -0.2) is 0 Å². The first kappa shape index (κ1) is 14.2. The summed E-state index contributed by atoms with van der Waals surface area (Å²) in [6.45, 7) is 11.4. The van der Waals surface area contributed by atoms with Gasteiger partial charge in [0.2, 0.25) is 0 Å². The lowest BCUT2D eigenvalue weighted by atomic mass is 9.78. The first-order valence-corrected chi connectivity index (χ1v) is 6.69. The fourth-order valence-corrected chi connectivity index (χ4v) is 2.29. The molecule has 0 aliphatic rings. The van der Waals surface area contributed by atoms with Crippen molar-refractivity contribution >= 4 is 0 Å². The van der Waals surface area contributed by atoms with E-state index in [4.69, 9.17) is 0 Å². The minimum atomic E-state index is 0.286. The molecule has 0 saturated carbocycles. The first-order valence-electron chi connectivity index (χ1n) is 6.69. The molecule has 1 heteroatoms. The molecule has 1 nitrogen and oxygen atoms in total. The summed E-state index contributed by atoms with van der Waals surface area (Å²) in [5.41, 5.74) is 3.09. The van der Waals surface area contributed by atoms with Gasteiger partial charge in [-0.3, -0.25) is 0 Å². The Bertz CT molecular complexity index is 335. The molecule has 17 heavy (non-hydrogen) atoms. The predicted molar refractivity (Wildman–Crippen MR) is 76.4 cm³/mol. The van der Waals surface area contributed by atoms with E-state index < -0.39 is 0 Å². The highest BCUT2D eigenvalue weighted by atomic mass is 14.9. The molecule has 1 aromatic carbocycles. The Morgan fingerprint density at radius 3 is 1.88 bits per heavy atom. The van der Waals surface area contributed by atoms with Crippen LogP contribution in [0.3, 0.4) is 0 Å². The van der Waals surface area contributed by atoms with E-state index in [0.717, 1.165) is 0 Å². The van der Waals surface area contributed by atoms with E-state index in [1.54, 1.807) is 0 Å². The SMILES string of the molecule is CCC(C)(C)C(NC)c1ccc(C(C)C)cc1. The third-order valence-electron chi connectivity index (χ3n) is 3.92. The number of rotatable bonds is 5. The van der Waals surface area contributed by atoms with Gasteiger partial charge in [-0.05, 0) is 35.9 Å². The third-order valence-corrected chi connectivity index (χ3v) is 3.92. The summed E-state index contributed by atoms with van der Waals surface area (Å²) in [7, 11) is 2.05. The van der Waals surface area contributed by atoms with Crippen molar-refractivity contribution in [3.63, 3.8) is 0 Å². The number of hydrogen-bond acceptors (Lipinski definition) is 1. The second kappa shape index (κ2) is 5.68. The predicted octanol–water partition coefficient (Wildman–Crippen LogP) is 4.51. The monoisotopic (exact) mass is 233 g/mol. The fraction of sp³-hybridized carbons (Fsp3) is 0.625. The van der Waals surface area contributed by atoms with Gasteiger partial charge in [0.25, 0.3) is 0 Å². The molecule has 1 N–H and O–H groups in total. The Hall–Kier alpha value is -0.820. The zero-order valence-corrected chi connectivity index (χ0v) is 12.2. The molecule has 1 atom stereocenters. The highest BCUT2D eigenvalue weighted by Crippen LogP contribution is 2.36. The molecule has 0 bridgehead atoms. The van der Waals surface area contributed by atoms with E-state index in [-0.39, 0.29) is 5.41 Å².